The van der Waals surface area contributed by atoms with E-state index in [9.17, 15) is 19.7 Å². The molecule has 2 aliphatic rings. The predicted molar refractivity (Wildman–Crippen MR) is 81.3 cm³/mol. The topological polar surface area (TPSA) is 127 Å². The molecule has 0 spiro atoms. The largest absolute Gasteiger partial charge is 0.435 e. The van der Waals surface area contributed by atoms with Gasteiger partial charge in [0.15, 0.2) is 0 Å². The number of rotatable bonds is 4. The molecule has 0 bridgehead atoms. The molecule has 2 saturated carbocycles. The van der Waals surface area contributed by atoms with Gasteiger partial charge in [-0.25, -0.2) is 9.78 Å². The lowest BCUT2D eigenvalue weighted by Gasteiger charge is -2.42. The van der Waals surface area contributed by atoms with E-state index in [0.717, 1.165) is 38.5 Å². The minimum atomic E-state index is -0.685. The molecule has 23 heavy (non-hydrogen) atoms. The zero-order valence-electron chi connectivity index (χ0n) is 12.4. The molecule has 9 heteroatoms. The van der Waals surface area contributed by atoms with Crippen LogP contribution in [0.25, 0.3) is 11.2 Å². The summed E-state index contributed by atoms with van der Waals surface area (Å²) in [5.41, 5.74) is -1.08. The van der Waals surface area contributed by atoms with Crippen LogP contribution in [0.3, 0.4) is 0 Å². The molecule has 0 unspecified atom stereocenters. The second-order valence-electron chi connectivity index (χ2n) is 6.52. The van der Waals surface area contributed by atoms with Crippen LogP contribution in [0.1, 0.15) is 44.6 Å². The van der Waals surface area contributed by atoms with E-state index in [1.807, 2.05) is 0 Å². The van der Waals surface area contributed by atoms with Gasteiger partial charge >= 0.3 is 11.6 Å². The Balaban J connectivity index is 1.95. The molecular formula is C14H17N5O4. The third kappa shape index (κ3) is 2.10. The smallest absolute Gasteiger partial charge is 0.390 e. The van der Waals surface area contributed by atoms with Crippen molar-refractivity contribution in [3.05, 3.63) is 31.0 Å². The lowest BCUT2D eigenvalue weighted by atomic mass is 9.68. The Hall–Kier alpha value is -2.45. The highest BCUT2D eigenvalue weighted by Gasteiger charge is 2.40. The van der Waals surface area contributed by atoms with Crippen LogP contribution in [-0.4, -0.2) is 24.4 Å². The monoisotopic (exact) mass is 319 g/mol. The van der Waals surface area contributed by atoms with E-state index in [0.29, 0.717) is 11.8 Å². The summed E-state index contributed by atoms with van der Waals surface area (Å²) in [6.45, 7) is 0. The molecule has 2 aliphatic carbocycles. The lowest BCUT2D eigenvalue weighted by molar-refractivity contribution is -0.393. The van der Waals surface area contributed by atoms with E-state index in [-0.39, 0.29) is 17.2 Å². The number of fused-ring (bicyclic) bond motifs is 1. The normalized spacial score (nSPS) is 19.0. The second kappa shape index (κ2) is 5.04. The highest BCUT2D eigenvalue weighted by atomic mass is 16.6. The van der Waals surface area contributed by atoms with Crippen molar-refractivity contribution in [2.45, 2.75) is 44.6 Å². The standard InChI is InChI=1S/C14H17N5O4/c20-12-9-11(16-13(15-9)19(22)23)18(14(21)17-12)10(7-3-1-4-7)8-5-2-6-8/h7-8,10H,1-6H2,(H,15,16)(H,17,20,21). The maximum Gasteiger partial charge on any atom is 0.435 e. The highest BCUT2D eigenvalue weighted by molar-refractivity contribution is 5.71. The highest BCUT2D eigenvalue weighted by Crippen LogP contribution is 2.47. The van der Waals surface area contributed by atoms with Gasteiger partial charge in [-0.3, -0.25) is 14.3 Å². The van der Waals surface area contributed by atoms with Crippen molar-refractivity contribution in [2.24, 2.45) is 11.8 Å². The molecule has 0 atom stereocenters. The fraction of sp³-hybridized carbons (Fsp3) is 0.643. The fourth-order valence-corrected chi connectivity index (χ4v) is 3.73. The SMILES string of the molecule is O=c1[nH]c(=O)n(C(C2CCC2)C2CCC2)c2nc([N+](=O)[O-])[nH]c12. The summed E-state index contributed by atoms with van der Waals surface area (Å²) >= 11 is 0. The molecule has 0 aliphatic heterocycles. The van der Waals surface area contributed by atoms with Crippen molar-refractivity contribution < 1.29 is 4.92 Å². The third-order valence-electron chi connectivity index (χ3n) is 5.30. The van der Waals surface area contributed by atoms with Crippen molar-refractivity contribution in [1.82, 2.24) is 19.5 Å². The number of hydrogen-bond acceptors (Lipinski definition) is 5. The number of nitrogens with zero attached hydrogens (tertiary/aromatic N) is 3. The first kappa shape index (κ1) is 14.2. The number of imidazole rings is 1. The predicted octanol–water partition coefficient (Wildman–Crippen LogP) is 1.46. The summed E-state index contributed by atoms with van der Waals surface area (Å²) in [6, 6.07) is -0.0349. The summed E-state index contributed by atoms with van der Waals surface area (Å²) < 4.78 is 1.49. The van der Waals surface area contributed by atoms with Crippen LogP contribution in [0.2, 0.25) is 0 Å². The summed E-state index contributed by atoms with van der Waals surface area (Å²) in [6.07, 6.45) is 6.44. The van der Waals surface area contributed by atoms with Crippen molar-refractivity contribution in [1.29, 1.82) is 0 Å². The van der Waals surface area contributed by atoms with Gasteiger partial charge in [0.1, 0.15) is 0 Å². The molecule has 2 heterocycles. The number of nitrogens with one attached hydrogen (secondary N) is 2. The van der Waals surface area contributed by atoms with E-state index >= 15 is 0 Å². The van der Waals surface area contributed by atoms with E-state index in [4.69, 9.17) is 0 Å². The van der Waals surface area contributed by atoms with Gasteiger partial charge in [-0.15, -0.1) is 0 Å². The Labute approximate surface area is 129 Å². The molecule has 9 nitrogen and oxygen atoms in total. The lowest BCUT2D eigenvalue weighted by Crippen LogP contribution is -2.42. The Bertz CT molecular complexity index is 873. The molecule has 122 valence electrons. The average molecular weight is 319 g/mol. The van der Waals surface area contributed by atoms with Crippen molar-refractivity contribution in [3.63, 3.8) is 0 Å². The van der Waals surface area contributed by atoms with Crippen LogP contribution in [0.4, 0.5) is 5.95 Å². The Kier molecular flexibility index (Phi) is 3.10. The zero-order valence-corrected chi connectivity index (χ0v) is 12.4. The van der Waals surface area contributed by atoms with Crippen LogP contribution in [0.5, 0.6) is 0 Å². The first-order valence-electron chi connectivity index (χ1n) is 7.95. The van der Waals surface area contributed by atoms with Gasteiger partial charge in [0.25, 0.3) is 11.2 Å². The van der Waals surface area contributed by atoms with Crippen LogP contribution in [0.15, 0.2) is 9.59 Å². The molecule has 2 aromatic rings. The summed E-state index contributed by atoms with van der Waals surface area (Å²) in [5.74, 6) is 0.247. The summed E-state index contributed by atoms with van der Waals surface area (Å²) in [5, 5.41) is 11.0. The van der Waals surface area contributed by atoms with Gasteiger partial charge in [0, 0.05) is 6.04 Å². The van der Waals surface area contributed by atoms with Gasteiger partial charge in [-0.2, -0.15) is 0 Å². The molecule has 0 radical (unpaired) electrons. The number of aromatic nitrogens is 4. The molecule has 0 aromatic carbocycles. The Morgan fingerprint density at radius 2 is 1.74 bits per heavy atom. The quantitative estimate of drug-likeness (QED) is 0.651. The summed E-state index contributed by atoms with van der Waals surface area (Å²) in [4.78, 5) is 43.3. The average Bonchev–Trinajstić information content (AvgIpc) is 2.79. The van der Waals surface area contributed by atoms with Crippen molar-refractivity contribution in [2.75, 3.05) is 0 Å². The minimum absolute atomic E-state index is 0.0000491. The first-order chi connectivity index (χ1) is 11.1. The maximum absolute atomic E-state index is 12.4. The maximum atomic E-state index is 12.4. The molecule has 0 saturated heterocycles. The van der Waals surface area contributed by atoms with Gasteiger partial charge < -0.3 is 10.1 Å². The third-order valence-corrected chi connectivity index (χ3v) is 5.30. The van der Waals surface area contributed by atoms with Crippen LogP contribution < -0.4 is 11.2 Å². The van der Waals surface area contributed by atoms with E-state index in [2.05, 4.69) is 15.0 Å². The van der Waals surface area contributed by atoms with Gasteiger partial charge in [-0.05, 0) is 47.4 Å². The number of hydrogen-bond donors (Lipinski definition) is 2. The van der Waals surface area contributed by atoms with Crippen LogP contribution in [-0.2, 0) is 0 Å². The molecule has 2 N–H and O–H groups in total. The second-order valence-corrected chi connectivity index (χ2v) is 6.52. The van der Waals surface area contributed by atoms with Gasteiger partial charge in [0.05, 0.1) is 0 Å². The van der Waals surface area contributed by atoms with E-state index in [1.165, 1.54) is 4.57 Å². The van der Waals surface area contributed by atoms with Crippen LogP contribution in [0, 0.1) is 22.0 Å². The first-order valence-corrected chi connectivity index (χ1v) is 7.95. The van der Waals surface area contributed by atoms with Crippen molar-refractivity contribution >= 4 is 17.1 Å². The number of H-pyrrole nitrogens is 2. The van der Waals surface area contributed by atoms with E-state index < -0.39 is 22.1 Å². The molecule has 0 amide bonds. The van der Waals surface area contributed by atoms with Crippen molar-refractivity contribution in [3.8, 4) is 0 Å². The Morgan fingerprint density at radius 3 is 2.22 bits per heavy atom. The zero-order chi connectivity index (χ0) is 16.1. The Morgan fingerprint density at radius 1 is 1.13 bits per heavy atom. The number of nitro groups is 1. The molecule has 2 aromatic heterocycles. The van der Waals surface area contributed by atoms with E-state index in [1.54, 1.807) is 0 Å². The summed E-state index contributed by atoms with van der Waals surface area (Å²) in [7, 11) is 0. The number of aromatic amines is 2. The van der Waals surface area contributed by atoms with Gasteiger partial charge in [-0.1, -0.05) is 12.8 Å². The fourth-order valence-electron chi connectivity index (χ4n) is 3.73. The molecule has 4 rings (SSSR count). The molecular weight excluding hydrogens is 302 g/mol. The molecule has 2 fully saturated rings. The van der Waals surface area contributed by atoms with Gasteiger partial charge in [0.2, 0.25) is 5.52 Å². The van der Waals surface area contributed by atoms with Crippen LogP contribution >= 0.6 is 0 Å². The minimum Gasteiger partial charge on any atom is -0.390 e.